The van der Waals surface area contributed by atoms with Gasteiger partial charge in [0, 0.05) is 6.42 Å². The summed E-state index contributed by atoms with van der Waals surface area (Å²) in [5.74, 6) is 1.03. The summed E-state index contributed by atoms with van der Waals surface area (Å²) in [5.41, 5.74) is 1.20. The van der Waals surface area contributed by atoms with Crippen LogP contribution in [0.5, 0.6) is 11.5 Å². The molecule has 3 nitrogen and oxygen atoms in total. The van der Waals surface area contributed by atoms with Crippen LogP contribution in [0, 0.1) is 0 Å². The Kier molecular flexibility index (Phi) is 4.04. The van der Waals surface area contributed by atoms with Gasteiger partial charge in [0.1, 0.15) is 13.2 Å². The van der Waals surface area contributed by atoms with E-state index in [0.29, 0.717) is 45.9 Å². The molecule has 21 heavy (non-hydrogen) atoms. The molecule has 2 aromatic carbocycles. The lowest BCUT2D eigenvalue weighted by molar-refractivity contribution is 0.0982. The smallest absolute Gasteiger partial charge is 0.172 e. The number of para-hydroxylation sites is 1. The van der Waals surface area contributed by atoms with E-state index < -0.39 is 0 Å². The SMILES string of the molecule is O=C(Cc1cccc(Cl)c1Cl)c1cccc2c1OCCO2. The third-order valence-corrected chi connectivity index (χ3v) is 4.11. The monoisotopic (exact) mass is 322 g/mol. The third kappa shape index (κ3) is 2.85. The minimum absolute atomic E-state index is 0.0819. The van der Waals surface area contributed by atoms with Crippen LogP contribution < -0.4 is 9.47 Å². The molecule has 0 radical (unpaired) electrons. The number of hydrogen-bond acceptors (Lipinski definition) is 3. The topological polar surface area (TPSA) is 35.5 Å². The molecule has 0 aliphatic carbocycles. The molecular formula is C16H12Cl2O3. The molecule has 0 atom stereocenters. The van der Waals surface area contributed by atoms with E-state index in [1.165, 1.54) is 0 Å². The largest absolute Gasteiger partial charge is 0.486 e. The minimum Gasteiger partial charge on any atom is -0.486 e. The summed E-state index contributed by atoms with van der Waals surface area (Å²) >= 11 is 12.1. The number of halogens is 2. The zero-order valence-electron chi connectivity index (χ0n) is 11.1. The van der Waals surface area contributed by atoms with Crippen LogP contribution in [0.4, 0.5) is 0 Å². The zero-order valence-corrected chi connectivity index (χ0v) is 12.6. The average Bonchev–Trinajstić information content (AvgIpc) is 2.51. The highest BCUT2D eigenvalue weighted by Crippen LogP contribution is 2.35. The minimum atomic E-state index is -0.0819. The van der Waals surface area contributed by atoms with Gasteiger partial charge >= 0.3 is 0 Å². The molecule has 1 heterocycles. The Morgan fingerprint density at radius 1 is 1.05 bits per heavy atom. The van der Waals surface area contributed by atoms with Crippen molar-refractivity contribution in [2.75, 3.05) is 13.2 Å². The maximum atomic E-state index is 12.5. The van der Waals surface area contributed by atoms with E-state index in [1.54, 1.807) is 36.4 Å². The van der Waals surface area contributed by atoms with Crippen molar-refractivity contribution in [3.05, 3.63) is 57.6 Å². The molecule has 108 valence electrons. The fourth-order valence-corrected chi connectivity index (χ4v) is 2.63. The van der Waals surface area contributed by atoms with Gasteiger partial charge < -0.3 is 9.47 Å². The molecule has 0 saturated heterocycles. The number of rotatable bonds is 3. The molecule has 2 aromatic rings. The van der Waals surface area contributed by atoms with Crippen molar-refractivity contribution in [1.82, 2.24) is 0 Å². The average molecular weight is 323 g/mol. The maximum absolute atomic E-state index is 12.5. The van der Waals surface area contributed by atoms with E-state index in [9.17, 15) is 4.79 Å². The molecule has 0 spiro atoms. The lowest BCUT2D eigenvalue weighted by atomic mass is 10.0. The Hall–Kier alpha value is -1.71. The van der Waals surface area contributed by atoms with Crippen molar-refractivity contribution in [2.45, 2.75) is 6.42 Å². The van der Waals surface area contributed by atoms with Gasteiger partial charge in [0.15, 0.2) is 17.3 Å². The first-order valence-corrected chi connectivity index (χ1v) is 7.27. The van der Waals surface area contributed by atoms with Crippen molar-refractivity contribution in [3.8, 4) is 11.5 Å². The lowest BCUT2D eigenvalue weighted by Gasteiger charge is -2.20. The van der Waals surface area contributed by atoms with E-state index in [2.05, 4.69) is 0 Å². The van der Waals surface area contributed by atoms with Gasteiger partial charge in [-0.05, 0) is 23.8 Å². The Balaban J connectivity index is 1.91. The number of carbonyl (C=O) groups excluding carboxylic acids is 1. The fraction of sp³-hybridized carbons (Fsp3) is 0.188. The second-order valence-corrected chi connectivity index (χ2v) is 5.43. The van der Waals surface area contributed by atoms with E-state index in [0.717, 1.165) is 0 Å². The van der Waals surface area contributed by atoms with Crippen LogP contribution >= 0.6 is 23.2 Å². The summed E-state index contributed by atoms with van der Waals surface area (Å²) in [4.78, 5) is 12.5. The molecule has 0 amide bonds. The Morgan fingerprint density at radius 3 is 2.67 bits per heavy atom. The number of hydrogen-bond donors (Lipinski definition) is 0. The second kappa shape index (κ2) is 5.96. The highest BCUT2D eigenvalue weighted by atomic mass is 35.5. The van der Waals surface area contributed by atoms with Gasteiger partial charge in [-0.3, -0.25) is 4.79 Å². The van der Waals surface area contributed by atoms with Crippen LogP contribution in [0.1, 0.15) is 15.9 Å². The highest BCUT2D eigenvalue weighted by molar-refractivity contribution is 6.42. The molecule has 3 rings (SSSR count). The summed E-state index contributed by atoms with van der Waals surface area (Å²) in [6.45, 7) is 0.931. The lowest BCUT2D eigenvalue weighted by Crippen LogP contribution is -2.18. The zero-order chi connectivity index (χ0) is 14.8. The molecule has 0 unspecified atom stereocenters. The second-order valence-electron chi connectivity index (χ2n) is 4.64. The van der Waals surface area contributed by atoms with Gasteiger partial charge in [0.05, 0.1) is 15.6 Å². The number of ether oxygens (including phenoxy) is 2. The number of benzene rings is 2. The number of fused-ring (bicyclic) bond motifs is 1. The van der Waals surface area contributed by atoms with Crippen LogP contribution in [-0.2, 0) is 6.42 Å². The molecule has 0 fully saturated rings. The molecule has 0 aromatic heterocycles. The van der Waals surface area contributed by atoms with Crippen molar-refractivity contribution in [3.63, 3.8) is 0 Å². The molecule has 0 N–H and O–H groups in total. The van der Waals surface area contributed by atoms with Gasteiger partial charge in [-0.2, -0.15) is 0 Å². The summed E-state index contributed by atoms with van der Waals surface area (Å²) in [7, 11) is 0. The molecule has 0 saturated carbocycles. The number of Topliss-reactive ketones (excluding diaryl/α,β-unsaturated/α-hetero) is 1. The molecule has 1 aliphatic heterocycles. The Morgan fingerprint density at radius 2 is 1.81 bits per heavy atom. The van der Waals surface area contributed by atoms with Crippen molar-refractivity contribution >= 4 is 29.0 Å². The van der Waals surface area contributed by atoms with E-state index in [4.69, 9.17) is 32.7 Å². The van der Waals surface area contributed by atoms with Gasteiger partial charge in [0.25, 0.3) is 0 Å². The van der Waals surface area contributed by atoms with E-state index in [1.807, 2.05) is 0 Å². The van der Waals surface area contributed by atoms with E-state index in [-0.39, 0.29) is 12.2 Å². The van der Waals surface area contributed by atoms with Crippen LogP contribution in [0.3, 0.4) is 0 Å². The first-order valence-electron chi connectivity index (χ1n) is 6.51. The van der Waals surface area contributed by atoms with Gasteiger partial charge in [-0.15, -0.1) is 0 Å². The highest BCUT2D eigenvalue weighted by Gasteiger charge is 2.21. The quantitative estimate of drug-likeness (QED) is 0.795. The summed E-state index contributed by atoms with van der Waals surface area (Å²) in [5, 5.41) is 0.853. The molecule has 1 aliphatic rings. The van der Waals surface area contributed by atoms with E-state index >= 15 is 0 Å². The van der Waals surface area contributed by atoms with Crippen molar-refractivity contribution in [1.29, 1.82) is 0 Å². The number of ketones is 1. The fourth-order valence-electron chi connectivity index (χ4n) is 2.25. The van der Waals surface area contributed by atoms with Crippen LogP contribution in [-0.4, -0.2) is 19.0 Å². The first-order chi connectivity index (χ1) is 10.2. The molecule has 5 heteroatoms. The summed E-state index contributed by atoms with van der Waals surface area (Å²) < 4.78 is 11.0. The molecule has 0 bridgehead atoms. The van der Waals surface area contributed by atoms with Gasteiger partial charge in [-0.1, -0.05) is 41.4 Å². The summed E-state index contributed by atoms with van der Waals surface area (Å²) in [6.07, 6.45) is 0.166. The predicted octanol–water partition coefficient (Wildman–Crippen LogP) is 4.19. The Bertz CT molecular complexity index is 698. The van der Waals surface area contributed by atoms with Crippen molar-refractivity contribution in [2.24, 2.45) is 0 Å². The normalized spacial score (nSPS) is 13.0. The Labute approximate surface area is 132 Å². The standard InChI is InChI=1S/C16H12Cl2O3/c17-12-5-1-3-10(15(12)18)9-13(19)11-4-2-6-14-16(11)21-8-7-20-14/h1-6H,7-9H2. The maximum Gasteiger partial charge on any atom is 0.172 e. The van der Waals surface area contributed by atoms with Crippen molar-refractivity contribution < 1.29 is 14.3 Å². The number of carbonyl (C=O) groups is 1. The van der Waals surface area contributed by atoms with Crippen LogP contribution in [0.25, 0.3) is 0 Å². The van der Waals surface area contributed by atoms with Crippen LogP contribution in [0.15, 0.2) is 36.4 Å². The molecular weight excluding hydrogens is 311 g/mol. The predicted molar refractivity (Wildman–Crippen MR) is 81.9 cm³/mol. The third-order valence-electron chi connectivity index (χ3n) is 3.25. The van der Waals surface area contributed by atoms with Crippen LogP contribution in [0.2, 0.25) is 10.0 Å². The summed E-state index contributed by atoms with van der Waals surface area (Å²) in [6, 6.07) is 10.6. The first kappa shape index (κ1) is 14.2. The van der Waals surface area contributed by atoms with Gasteiger partial charge in [-0.25, -0.2) is 0 Å². The van der Waals surface area contributed by atoms with Gasteiger partial charge in [0.2, 0.25) is 0 Å².